The van der Waals surface area contributed by atoms with Gasteiger partial charge in [-0.1, -0.05) is 5.16 Å². The Labute approximate surface area is 160 Å². The summed E-state index contributed by atoms with van der Waals surface area (Å²) in [4.78, 5) is 27.0. The SMILES string of the molecule is Cn1nccc1C(=O)C1CCN(C(=O)c2cc(-c3ccc(F)cc3)on2)CC1. The summed E-state index contributed by atoms with van der Waals surface area (Å²) in [5.74, 6) is -0.227. The van der Waals surface area contributed by atoms with Crippen LogP contribution in [-0.4, -0.2) is 44.6 Å². The molecule has 1 aliphatic rings. The number of aromatic nitrogens is 3. The molecule has 2 aromatic heterocycles. The van der Waals surface area contributed by atoms with Crippen molar-refractivity contribution < 1.29 is 18.5 Å². The zero-order chi connectivity index (χ0) is 19.7. The fraction of sp³-hybridized carbons (Fsp3) is 0.300. The molecular weight excluding hydrogens is 363 g/mol. The Morgan fingerprint density at radius 2 is 1.86 bits per heavy atom. The van der Waals surface area contributed by atoms with E-state index in [1.807, 2.05) is 0 Å². The van der Waals surface area contributed by atoms with E-state index in [4.69, 9.17) is 4.52 Å². The van der Waals surface area contributed by atoms with Gasteiger partial charge in [0.05, 0.1) is 0 Å². The van der Waals surface area contributed by atoms with Crippen molar-refractivity contribution in [2.45, 2.75) is 12.8 Å². The maximum Gasteiger partial charge on any atom is 0.276 e. The van der Waals surface area contributed by atoms with Crippen LogP contribution in [0.1, 0.15) is 33.8 Å². The highest BCUT2D eigenvalue weighted by Gasteiger charge is 2.30. The topological polar surface area (TPSA) is 81.2 Å². The number of ketones is 1. The first kappa shape index (κ1) is 18.1. The van der Waals surface area contributed by atoms with Crippen molar-refractivity contribution in [1.82, 2.24) is 19.8 Å². The number of piperidine rings is 1. The third-order valence-electron chi connectivity index (χ3n) is 5.08. The van der Waals surface area contributed by atoms with Gasteiger partial charge in [-0.3, -0.25) is 14.3 Å². The van der Waals surface area contributed by atoms with Gasteiger partial charge in [0.2, 0.25) is 0 Å². The zero-order valence-corrected chi connectivity index (χ0v) is 15.3. The molecule has 0 radical (unpaired) electrons. The first-order valence-corrected chi connectivity index (χ1v) is 9.07. The van der Waals surface area contributed by atoms with Gasteiger partial charge in [0.25, 0.3) is 5.91 Å². The van der Waals surface area contributed by atoms with Gasteiger partial charge in [-0.2, -0.15) is 5.10 Å². The molecular formula is C20H19FN4O3. The van der Waals surface area contributed by atoms with Gasteiger partial charge in [0, 0.05) is 43.9 Å². The van der Waals surface area contributed by atoms with Crippen molar-refractivity contribution >= 4 is 11.7 Å². The molecule has 7 nitrogen and oxygen atoms in total. The van der Waals surface area contributed by atoms with Crippen LogP contribution in [0.25, 0.3) is 11.3 Å². The fourth-order valence-corrected chi connectivity index (χ4v) is 3.46. The lowest BCUT2D eigenvalue weighted by Crippen LogP contribution is -2.40. The van der Waals surface area contributed by atoms with Crippen LogP contribution >= 0.6 is 0 Å². The number of carbonyl (C=O) groups is 2. The molecule has 0 N–H and O–H groups in total. The third kappa shape index (κ3) is 3.45. The Morgan fingerprint density at radius 3 is 2.50 bits per heavy atom. The highest BCUT2D eigenvalue weighted by Crippen LogP contribution is 2.25. The molecule has 28 heavy (non-hydrogen) atoms. The predicted molar refractivity (Wildman–Crippen MR) is 98.1 cm³/mol. The van der Waals surface area contributed by atoms with Crippen LogP contribution in [0.15, 0.2) is 47.1 Å². The first-order chi connectivity index (χ1) is 13.5. The number of likely N-dealkylation sites (tertiary alicyclic amines) is 1. The van der Waals surface area contributed by atoms with Gasteiger partial charge < -0.3 is 9.42 Å². The van der Waals surface area contributed by atoms with Crippen molar-refractivity contribution in [3.8, 4) is 11.3 Å². The van der Waals surface area contributed by atoms with Crippen LogP contribution in [0, 0.1) is 11.7 Å². The second kappa shape index (κ2) is 7.38. The van der Waals surface area contributed by atoms with Crippen LogP contribution in [0.4, 0.5) is 4.39 Å². The monoisotopic (exact) mass is 382 g/mol. The van der Waals surface area contributed by atoms with Crippen LogP contribution in [-0.2, 0) is 7.05 Å². The second-order valence-electron chi connectivity index (χ2n) is 6.85. The Kier molecular flexibility index (Phi) is 4.77. The van der Waals surface area contributed by atoms with Gasteiger partial charge in [-0.15, -0.1) is 0 Å². The van der Waals surface area contributed by atoms with E-state index >= 15 is 0 Å². The summed E-state index contributed by atoms with van der Waals surface area (Å²) < 4.78 is 19.9. The second-order valence-corrected chi connectivity index (χ2v) is 6.85. The van der Waals surface area contributed by atoms with E-state index in [0.29, 0.717) is 42.9 Å². The molecule has 3 heterocycles. The Morgan fingerprint density at radius 1 is 1.14 bits per heavy atom. The standard InChI is InChI=1S/C20H19FN4O3/c1-24-17(6-9-22-24)19(26)14-7-10-25(11-8-14)20(27)16-12-18(28-23-16)13-2-4-15(21)5-3-13/h2-6,9,12,14H,7-8,10-11H2,1H3. The molecule has 0 aliphatic carbocycles. The number of amides is 1. The van der Waals surface area contributed by atoms with E-state index < -0.39 is 0 Å². The van der Waals surface area contributed by atoms with Crippen molar-refractivity contribution in [3.63, 3.8) is 0 Å². The normalized spacial score (nSPS) is 15.0. The lowest BCUT2D eigenvalue weighted by atomic mass is 9.91. The lowest BCUT2D eigenvalue weighted by Gasteiger charge is -2.30. The molecule has 0 spiro atoms. The van der Waals surface area contributed by atoms with E-state index in [1.54, 1.807) is 47.1 Å². The molecule has 1 aromatic carbocycles. The molecule has 1 fully saturated rings. The number of rotatable bonds is 4. The van der Waals surface area contributed by atoms with Crippen LogP contribution in [0.5, 0.6) is 0 Å². The van der Waals surface area contributed by atoms with Crippen molar-refractivity contribution in [2.75, 3.05) is 13.1 Å². The quantitative estimate of drug-likeness (QED) is 0.648. The third-order valence-corrected chi connectivity index (χ3v) is 5.08. The average Bonchev–Trinajstić information content (AvgIpc) is 3.37. The minimum Gasteiger partial charge on any atom is -0.355 e. The highest BCUT2D eigenvalue weighted by atomic mass is 19.1. The summed E-state index contributed by atoms with van der Waals surface area (Å²) in [6.45, 7) is 0.956. The average molecular weight is 382 g/mol. The summed E-state index contributed by atoms with van der Waals surface area (Å²) in [5.41, 5.74) is 1.44. The zero-order valence-electron chi connectivity index (χ0n) is 15.3. The number of Topliss-reactive ketones (excluding diaryl/α,β-unsaturated/α-hetero) is 1. The molecule has 0 saturated carbocycles. The maximum atomic E-state index is 13.0. The minimum absolute atomic E-state index is 0.0622. The molecule has 3 aromatic rings. The Bertz CT molecular complexity index is 1000. The van der Waals surface area contributed by atoms with Crippen LogP contribution in [0.3, 0.4) is 0 Å². The Hall–Kier alpha value is -3.29. The molecule has 144 valence electrons. The van der Waals surface area contributed by atoms with Crippen molar-refractivity contribution in [1.29, 1.82) is 0 Å². The maximum absolute atomic E-state index is 13.0. The predicted octanol–water partition coefficient (Wildman–Crippen LogP) is 2.95. The smallest absolute Gasteiger partial charge is 0.276 e. The van der Waals surface area contributed by atoms with Gasteiger partial charge in [-0.05, 0) is 43.2 Å². The van der Waals surface area contributed by atoms with E-state index in [0.717, 1.165) is 0 Å². The molecule has 0 atom stereocenters. The van der Waals surface area contributed by atoms with Gasteiger partial charge in [0.15, 0.2) is 17.2 Å². The number of carbonyl (C=O) groups excluding carboxylic acids is 2. The fourth-order valence-electron chi connectivity index (χ4n) is 3.46. The van der Waals surface area contributed by atoms with Crippen LogP contribution < -0.4 is 0 Å². The van der Waals surface area contributed by atoms with Gasteiger partial charge >= 0.3 is 0 Å². The van der Waals surface area contributed by atoms with Gasteiger partial charge in [0.1, 0.15) is 11.5 Å². The first-order valence-electron chi connectivity index (χ1n) is 9.07. The Balaban J connectivity index is 1.40. The molecule has 1 aliphatic heterocycles. The van der Waals surface area contributed by atoms with Gasteiger partial charge in [-0.25, -0.2) is 4.39 Å². The van der Waals surface area contributed by atoms with Crippen LogP contribution in [0.2, 0.25) is 0 Å². The number of nitrogens with zero attached hydrogens (tertiary/aromatic N) is 4. The summed E-state index contributed by atoms with van der Waals surface area (Å²) in [6.07, 6.45) is 2.80. The van der Waals surface area contributed by atoms with Crippen molar-refractivity contribution in [3.05, 3.63) is 59.8 Å². The number of benzene rings is 1. The van der Waals surface area contributed by atoms with E-state index in [-0.39, 0.29) is 29.1 Å². The minimum atomic E-state index is -0.344. The van der Waals surface area contributed by atoms with Crippen molar-refractivity contribution in [2.24, 2.45) is 13.0 Å². The molecule has 1 saturated heterocycles. The molecule has 1 amide bonds. The molecule has 4 rings (SSSR count). The molecule has 8 heteroatoms. The number of aryl methyl sites for hydroxylation is 1. The summed E-state index contributed by atoms with van der Waals surface area (Å²) in [7, 11) is 1.75. The summed E-state index contributed by atoms with van der Waals surface area (Å²) in [6, 6.07) is 9.06. The number of hydrogen-bond donors (Lipinski definition) is 0. The highest BCUT2D eigenvalue weighted by molar-refractivity contribution is 5.97. The molecule has 0 unspecified atom stereocenters. The van der Waals surface area contributed by atoms with E-state index in [1.165, 1.54) is 12.1 Å². The summed E-state index contributed by atoms with van der Waals surface area (Å²) in [5, 5.41) is 7.90. The van der Waals surface area contributed by atoms with E-state index in [2.05, 4.69) is 10.3 Å². The number of hydrogen-bond acceptors (Lipinski definition) is 5. The largest absolute Gasteiger partial charge is 0.355 e. The summed E-state index contributed by atoms with van der Waals surface area (Å²) >= 11 is 0. The molecule has 0 bridgehead atoms. The number of halogens is 1. The van der Waals surface area contributed by atoms with E-state index in [9.17, 15) is 14.0 Å². The lowest BCUT2D eigenvalue weighted by molar-refractivity contribution is 0.0639.